The normalized spacial score (nSPS) is 9.64. The second kappa shape index (κ2) is 3.70. The number of ether oxygens (including phenoxy) is 1. The summed E-state index contributed by atoms with van der Waals surface area (Å²) >= 11 is 2.09. The van der Waals surface area contributed by atoms with Gasteiger partial charge in [0.2, 0.25) is 5.89 Å². The van der Waals surface area contributed by atoms with Gasteiger partial charge in [-0.25, -0.2) is 9.78 Å². The first-order valence-corrected chi connectivity index (χ1v) is 4.39. The second-order valence-electron chi connectivity index (χ2n) is 1.75. The fourth-order valence-electron chi connectivity index (χ4n) is 0.571. The molecular weight excluding hydrogens is 261 g/mol. The third-order valence-electron chi connectivity index (χ3n) is 1.06. The molecule has 0 aliphatic heterocycles. The van der Waals surface area contributed by atoms with Crippen LogP contribution in [0.1, 0.15) is 16.4 Å². The summed E-state index contributed by atoms with van der Waals surface area (Å²) in [5.41, 5.74) is 0.221. The van der Waals surface area contributed by atoms with Crippen LogP contribution in [0.25, 0.3) is 0 Å². The van der Waals surface area contributed by atoms with Crippen LogP contribution in [0, 0.1) is 0 Å². The van der Waals surface area contributed by atoms with E-state index in [1.54, 1.807) is 0 Å². The van der Waals surface area contributed by atoms with Crippen molar-refractivity contribution in [1.82, 2.24) is 4.98 Å². The topological polar surface area (TPSA) is 52.3 Å². The molecule has 0 saturated carbocycles. The van der Waals surface area contributed by atoms with Gasteiger partial charge in [0.1, 0.15) is 6.26 Å². The highest BCUT2D eigenvalue weighted by Gasteiger charge is 2.10. The summed E-state index contributed by atoms with van der Waals surface area (Å²) in [5, 5.41) is 0. The quantitative estimate of drug-likeness (QED) is 0.461. The Kier molecular flexibility index (Phi) is 2.86. The van der Waals surface area contributed by atoms with Gasteiger partial charge in [-0.05, 0) is 0 Å². The highest BCUT2D eigenvalue weighted by molar-refractivity contribution is 14.1. The number of halogens is 1. The predicted octanol–water partition coefficient (Wildman–Crippen LogP) is 1.40. The third-order valence-corrected chi connectivity index (χ3v) is 1.71. The average Bonchev–Trinajstić information content (AvgIpc) is 2.50. The van der Waals surface area contributed by atoms with E-state index in [1.807, 2.05) is 0 Å². The molecule has 0 bridgehead atoms. The average molecular weight is 267 g/mol. The van der Waals surface area contributed by atoms with Crippen LogP contribution in [0.5, 0.6) is 0 Å². The zero-order chi connectivity index (χ0) is 8.27. The van der Waals surface area contributed by atoms with E-state index >= 15 is 0 Å². The molecule has 0 aliphatic carbocycles. The summed E-state index contributed by atoms with van der Waals surface area (Å²) < 4.78 is 10.00. The Bertz CT molecular complexity index is 258. The molecule has 0 N–H and O–H groups in total. The lowest BCUT2D eigenvalue weighted by molar-refractivity contribution is 0.0594. The Morgan fingerprint density at radius 2 is 2.64 bits per heavy atom. The van der Waals surface area contributed by atoms with Gasteiger partial charge in [-0.15, -0.1) is 0 Å². The number of hydrogen-bond donors (Lipinski definition) is 0. The molecule has 1 rings (SSSR count). The van der Waals surface area contributed by atoms with E-state index in [2.05, 4.69) is 32.3 Å². The van der Waals surface area contributed by atoms with E-state index < -0.39 is 5.97 Å². The van der Waals surface area contributed by atoms with Crippen molar-refractivity contribution in [3.05, 3.63) is 17.8 Å². The van der Waals surface area contributed by atoms with E-state index in [0.717, 1.165) is 0 Å². The first-order chi connectivity index (χ1) is 5.27. The summed E-state index contributed by atoms with van der Waals surface area (Å²) in [4.78, 5) is 14.6. The maximum absolute atomic E-state index is 10.8. The molecule has 11 heavy (non-hydrogen) atoms. The van der Waals surface area contributed by atoms with Crippen molar-refractivity contribution < 1.29 is 13.9 Å². The van der Waals surface area contributed by atoms with Crippen molar-refractivity contribution in [2.45, 2.75) is 4.43 Å². The van der Waals surface area contributed by atoms with Gasteiger partial charge in [0, 0.05) is 0 Å². The summed E-state index contributed by atoms with van der Waals surface area (Å²) in [6, 6.07) is 0. The molecule has 0 amide bonds. The Hall–Kier alpha value is -0.590. The molecule has 0 aromatic carbocycles. The number of nitrogens with zero attached hydrogens (tertiary/aromatic N) is 1. The summed E-state index contributed by atoms with van der Waals surface area (Å²) in [6.45, 7) is 0. The number of methoxy groups -OCH3 is 1. The van der Waals surface area contributed by atoms with Gasteiger partial charge in [0.05, 0.1) is 11.5 Å². The van der Waals surface area contributed by atoms with Gasteiger partial charge >= 0.3 is 5.97 Å². The van der Waals surface area contributed by atoms with Crippen molar-refractivity contribution in [1.29, 1.82) is 0 Å². The van der Waals surface area contributed by atoms with Gasteiger partial charge in [0.25, 0.3) is 0 Å². The number of carbonyl (C=O) groups excluding carboxylic acids is 1. The van der Waals surface area contributed by atoms with Crippen LogP contribution >= 0.6 is 22.6 Å². The number of alkyl halides is 1. The van der Waals surface area contributed by atoms with Crippen molar-refractivity contribution >= 4 is 28.6 Å². The molecular formula is C6H6INO3. The Morgan fingerprint density at radius 3 is 3.09 bits per heavy atom. The summed E-state index contributed by atoms with van der Waals surface area (Å²) in [5.74, 6) is 0.0656. The van der Waals surface area contributed by atoms with Crippen LogP contribution in [0.15, 0.2) is 10.7 Å². The monoisotopic (exact) mass is 267 g/mol. The molecule has 5 heteroatoms. The van der Waals surface area contributed by atoms with E-state index in [9.17, 15) is 4.79 Å². The molecule has 1 aromatic rings. The lowest BCUT2D eigenvalue weighted by atomic mass is 10.5. The second-order valence-corrected chi connectivity index (χ2v) is 2.51. The number of oxazole rings is 1. The molecule has 0 unspecified atom stereocenters. The molecule has 0 atom stereocenters. The van der Waals surface area contributed by atoms with Gasteiger partial charge in [-0.1, -0.05) is 22.6 Å². The number of rotatable bonds is 2. The number of esters is 1. The van der Waals surface area contributed by atoms with E-state index in [4.69, 9.17) is 4.42 Å². The lowest BCUT2D eigenvalue weighted by Crippen LogP contribution is -2.01. The van der Waals surface area contributed by atoms with Crippen molar-refractivity contribution in [2.75, 3.05) is 7.11 Å². The highest BCUT2D eigenvalue weighted by Crippen LogP contribution is 2.06. The fraction of sp³-hybridized carbons (Fsp3) is 0.333. The van der Waals surface area contributed by atoms with E-state index in [1.165, 1.54) is 13.4 Å². The molecule has 1 heterocycles. The van der Waals surface area contributed by atoms with Crippen LogP contribution in [0.3, 0.4) is 0 Å². The van der Waals surface area contributed by atoms with Gasteiger partial charge in [0.15, 0.2) is 5.69 Å². The maximum atomic E-state index is 10.8. The minimum atomic E-state index is -0.468. The number of carbonyl (C=O) groups is 1. The molecule has 4 nitrogen and oxygen atoms in total. The molecule has 60 valence electrons. The number of hydrogen-bond acceptors (Lipinski definition) is 4. The smallest absolute Gasteiger partial charge is 0.360 e. The summed E-state index contributed by atoms with van der Waals surface area (Å²) in [7, 11) is 1.31. The van der Waals surface area contributed by atoms with Gasteiger partial charge < -0.3 is 9.15 Å². The Labute approximate surface area is 77.1 Å². The zero-order valence-corrected chi connectivity index (χ0v) is 7.99. The van der Waals surface area contributed by atoms with Crippen molar-refractivity contribution in [3.63, 3.8) is 0 Å². The largest absolute Gasteiger partial charge is 0.464 e. The molecule has 0 radical (unpaired) electrons. The predicted molar refractivity (Wildman–Crippen MR) is 45.6 cm³/mol. The zero-order valence-electron chi connectivity index (χ0n) is 5.83. The molecule has 0 fully saturated rings. The van der Waals surface area contributed by atoms with Crippen molar-refractivity contribution in [2.24, 2.45) is 0 Å². The fourth-order valence-corrected chi connectivity index (χ4v) is 0.921. The highest BCUT2D eigenvalue weighted by atomic mass is 127. The van der Waals surface area contributed by atoms with Crippen LogP contribution in [-0.2, 0) is 9.16 Å². The maximum Gasteiger partial charge on any atom is 0.360 e. The van der Waals surface area contributed by atoms with Crippen LogP contribution < -0.4 is 0 Å². The van der Waals surface area contributed by atoms with Crippen LogP contribution in [0.2, 0.25) is 0 Å². The lowest BCUT2D eigenvalue weighted by Gasteiger charge is -1.88. The van der Waals surface area contributed by atoms with E-state index in [0.29, 0.717) is 10.3 Å². The Balaban J connectivity index is 2.80. The molecule has 0 spiro atoms. The first-order valence-electron chi connectivity index (χ1n) is 2.86. The minimum Gasteiger partial charge on any atom is -0.464 e. The molecule has 0 saturated heterocycles. The van der Waals surface area contributed by atoms with Gasteiger partial charge in [-0.2, -0.15) is 0 Å². The van der Waals surface area contributed by atoms with Crippen molar-refractivity contribution in [3.8, 4) is 0 Å². The molecule has 0 aliphatic rings. The third kappa shape index (κ3) is 1.92. The molecule has 1 aromatic heterocycles. The number of aromatic nitrogens is 1. The first kappa shape index (κ1) is 8.51. The minimum absolute atomic E-state index is 0.221. The Morgan fingerprint density at radius 1 is 1.91 bits per heavy atom. The summed E-state index contributed by atoms with van der Waals surface area (Å²) in [6.07, 6.45) is 1.29. The van der Waals surface area contributed by atoms with E-state index in [-0.39, 0.29) is 5.69 Å². The standard InChI is InChI=1S/C6H6INO3/c1-10-6(9)4-3-11-5(2-7)8-4/h3H,2H2,1H3. The SMILES string of the molecule is COC(=O)c1coc(CI)n1. The van der Waals surface area contributed by atoms with Gasteiger partial charge in [-0.3, -0.25) is 0 Å². The van der Waals surface area contributed by atoms with Crippen LogP contribution in [0.4, 0.5) is 0 Å². The van der Waals surface area contributed by atoms with Crippen LogP contribution in [-0.4, -0.2) is 18.1 Å².